The minimum absolute atomic E-state index is 0.0275. The number of carbonyl (C=O) groups is 2. The number of nitrogens with zero attached hydrogens (tertiary/aromatic N) is 2. The molecule has 2 amide bonds. The number of carbonyl (C=O) groups excluding carboxylic acids is 2. The molecular formula is C26H29FN4O3. The summed E-state index contributed by atoms with van der Waals surface area (Å²) in [6.45, 7) is 1.06. The molecule has 7 nitrogen and oxygen atoms in total. The van der Waals surface area contributed by atoms with Crippen LogP contribution < -0.4 is 15.4 Å². The van der Waals surface area contributed by atoms with Gasteiger partial charge in [-0.2, -0.15) is 5.10 Å². The van der Waals surface area contributed by atoms with Gasteiger partial charge >= 0.3 is 0 Å². The van der Waals surface area contributed by atoms with E-state index in [1.165, 1.54) is 13.2 Å². The summed E-state index contributed by atoms with van der Waals surface area (Å²) < 4.78 is 20.7. The standard InChI is InChI=1S/C26H29FN4O3/c1-34-23-13-20(7-8-22(23)27)14-26(12-10-25(33)30-26)11-9-24(32)28-15-21-16-29-31(18-21)17-19-5-3-2-4-6-19/h2-8,13,16,18H,9-12,14-15,17H2,1H3,(H,28,32)(H,30,33)/t26-/m0/s1. The topological polar surface area (TPSA) is 85.2 Å². The number of amides is 2. The molecule has 1 aromatic heterocycles. The Bertz CT molecular complexity index is 1150. The summed E-state index contributed by atoms with van der Waals surface area (Å²) in [5, 5.41) is 10.4. The zero-order valence-electron chi connectivity index (χ0n) is 19.2. The quantitative estimate of drug-likeness (QED) is 0.482. The van der Waals surface area contributed by atoms with Crippen molar-refractivity contribution in [3.05, 3.63) is 83.4 Å². The number of halogens is 1. The molecule has 34 heavy (non-hydrogen) atoms. The van der Waals surface area contributed by atoms with Gasteiger partial charge in [0.2, 0.25) is 11.8 Å². The highest BCUT2D eigenvalue weighted by atomic mass is 19.1. The largest absolute Gasteiger partial charge is 0.494 e. The molecule has 1 atom stereocenters. The number of hydrogen-bond donors (Lipinski definition) is 2. The van der Waals surface area contributed by atoms with Crippen molar-refractivity contribution in [3.8, 4) is 5.75 Å². The lowest BCUT2D eigenvalue weighted by molar-refractivity contribution is -0.122. The number of benzene rings is 2. The van der Waals surface area contributed by atoms with Gasteiger partial charge in [0.1, 0.15) is 0 Å². The minimum Gasteiger partial charge on any atom is -0.494 e. The number of hydrogen-bond acceptors (Lipinski definition) is 4. The highest BCUT2D eigenvalue weighted by Gasteiger charge is 2.38. The maximum atomic E-state index is 13.8. The van der Waals surface area contributed by atoms with Crippen molar-refractivity contribution in [2.45, 2.75) is 50.7 Å². The first-order chi connectivity index (χ1) is 16.4. The fourth-order valence-electron chi connectivity index (χ4n) is 4.38. The van der Waals surface area contributed by atoms with E-state index in [1.54, 1.807) is 18.3 Å². The van der Waals surface area contributed by atoms with E-state index in [-0.39, 0.29) is 24.0 Å². The van der Waals surface area contributed by atoms with Crippen molar-refractivity contribution in [1.82, 2.24) is 20.4 Å². The number of aromatic nitrogens is 2. The van der Waals surface area contributed by atoms with Gasteiger partial charge in [-0.15, -0.1) is 0 Å². The number of rotatable bonds is 10. The number of methoxy groups -OCH3 is 1. The van der Waals surface area contributed by atoms with Crippen molar-refractivity contribution in [3.63, 3.8) is 0 Å². The van der Waals surface area contributed by atoms with Crippen LogP contribution >= 0.6 is 0 Å². The second-order valence-corrected chi connectivity index (χ2v) is 8.78. The van der Waals surface area contributed by atoms with Crippen LogP contribution in [0, 0.1) is 5.82 Å². The Morgan fingerprint density at radius 1 is 1.21 bits per heavy atom. The van der Waals surface area contributed by atoms with Gasteiger partial charge in [0, 0.05) is 36.7 Å². The van der Waals surface area contributed by atoms with Gasteiger partial charge in [-0.25, -0.2) is 4.39 Å². The molecule has 0 radical (unpaired) electrons. The fraction of sp³-hybridized carbons (Fsp3) is 0.346. The smallest absolute Gasteiger partial charge is 0.220 e. The third-order valence-electron chi connectivity index (χ3n) is 6.19. The normalized spacial score (nSPS) is 17.4. The first-order valence-corrected chi connectivity index (χ1v) is 11.4. The van der Waals surface area contributed by atoms with Crippen LogP contribution in [-0.4, -0.2) is 34.2 Å². The van der Waals surface area contributed by atoms with Crippen LogP contribution in [0.2, 0.25) is 0 Å². The molecule has 0 unspecified atom stereocenters. The van der Waals surface area contributed by atoms with Gasteiger partial charge in [0.05, 0.1) is 19.9 Å². The second-order valence-electron chi connectivity index (χ2n) is 8.78. The minimum atomic E-state index is -0.530. The van der Waals surface area contributed by atoms with Crippen molar-refractivity contribution in [1.29, 1.82) is 0 Å². The van der Waals surface area contributed by atoms with E-state index in [0.29, 0.717) is 38.8 Å². The lowest BCUT2D eigenvalue weighted by atomic mass is 9.85. The Labute approximate surface area is 198 Å². The summed E-state index contributed by atoms with van der Waals surface area (Å²) in [5.41, 5.74) is 2.40. The predicted octanol–water partition coefficient (Wildman–Crippen LogP) is 3.37. The van der Waals surface area contributed by atoms with Crippen LogP contribution in [0.3, 0.4) is 0 Å². The van der Waals surface area contributed by atoms with E-state index < -0.39 is 11.4 Å². The monoisotopic (exact) mass is 464 g/mol. The van der Waals surface area contributed by atoms with Gasteiger partial charge in [-0.3, -0.25) is 14.3 Å². The van der Waals surface area contributed by atoms with Crippen molar-refractivity contribution >= 4 is 11.8 Å². The number of nitrogens with one attached hydrogen (secondary N) is 2. The van der Waals surface area contributed by atoms with Crippen LogP contribution in [0.4, 0.5) is 4.39 Å². The third-order valence-corrected chi connectivity index (χ3v) is 6.19. The summed E-state index contributed by atoms with van der Waals surface area (Å²) in [6.07, 6.45) is 6.01. The van der Waals surface area contributed by atoms with Gasteiger partial charge in [-0.05, 0) is 42.5 Å². The Kier molecular flexibility index (Phi) is 7.25. The van der Waals surface area contributed by atoms with Crippen LogP contribution in [0.1, 0.15) is 42.4 Å². The Morgan fingerprint density at radius 2 is 2.03 bits per heavy atom. The zero-order valence-corrected chi connectivity index (χ0v) is 19.2. The summed E-state index contributed by atoms with van der Waals surface area (Å²) >= 11 is 0. The highest BCUT2D eigenvalue weighted by molar-refractivity contribution is 5.80. The maximum absolute atomic E-state index is 13.8. The Balaban J connectivity index is 1.31. The highest BCUT2D eigenvalue weighted by Crippen LogP contribution is 2.31. The van der Waals surface area contributed by atoms with Crippen LogP contribution in [0.5, 0.6) is 5.75 Å². The zero-order chi connectivity index (χ0) is 24.0. The van der Waals surface area contributed by atoms with Crippen molar-refractivity contribution < 1.29 is 18.7 Å². The van der Waals surface area contributed by atoms with Gasteiger partial charge in [0.15, 0.2) is 11.6 Å². The lowest BCUT2D eigenvalue weighted by Crippen LogP contribution is -2.44. The molecule has 0 saturated carbocycles. The van der Waals surface area contributed by atoms with Gasteiger partial charge in [-0.1, -0.05) is 36.4 Å². The van der Waals surface area contributed by atoms with E-state index in [2.05, 4.69) is 15.7 Å². The fourth-order valence-corrected chi connectivity index (χ4v) is 4.38. The SMILES string of the molecule is COc1cc(C[C@]2(CCC(=O)NCc3cnn(Cc4ccccc4)c3)CCC(=O)N2)ccc1F. The van der Waals surface area contributed by atoms with Crippen LogP contribution in [0.15, 0.2) is 60.9 Å². The van der Waals surface area contributed by atoms with E-state index in [1.807, 2.05) is 41.2 Å². The molecule has 8 heteroatoms. The molecular weight excluding hydrogens is 435 g/mol. The molecule has 0 spiro atoms. The van der Waals surface area contributed by atoms with E-state index in [4.69, 9.17) is 4.74 Å². The molecule has 2 heterocycles. The average Bonchev–Trinajstić information content (AvgIpc) is 3.44. The lowest BCUT2D eigenvalue weighted by Gasteiger charge is -2.29. The molecule has 1 fully saturated rings. The molecule has 2 aromatic carbocycles. The first kappa shape index (κ1) is 23.5. The van der Waals surface area contributed by atoms with E-state index in [0.717, 1.165) is 16.7 Å². The summed E-state index contributed by atoms with van der Waals surface area (Å²) in [4.78, 5) is 24.6. The molecule has 178 valence electrons. The first-order valence-electron chi connectivity index (χ1n) is 11.4. The van der Waals surface area contributed by atoms with Crippen molar-refractivity contribution in [2.75, 3.05) is 7.11 Å². The predicted molar refractivity (Wildman–Crippen MR) is 126 cm³/mol. The molecule has 1 aliphatic rings. The molecule has 0 bridgehead atoms. The van der Waals surface area contributed by atoms with Crippen LogP contribution in [0.25, 0.3) is 0 Å². The molecule has 4 rings (SSSR count). The van der Waals surface area contributed by atoms with E-state index >= 15 is 0 Å². The van der Waals surface area contributed by atoms with Gasteiger partial charge < -0.3 is 15.4 Å². The summed E-state index contributed by atoms with van der Waals surface area (Å²) in [6, 6.07) is 14.8. The molecule has 1 saturated heterocycles. The maximum Gasteiger partial charge on any atom is 0.220 e. The Hall–Kier alpha value is -3.68. The van der Waals surface area contributed by atoms with Gasteiger partial charge in [0.25, 0.3) is 0 Å². The molecule has 2 N–H and O–H groups in total. The molecule has 3 aromatic rings. The molecule has 0 aliphatic carbocycles. The third kappa shape index (κ3) is 6.01. The summed E-state index contributed by atoms with van der Waals surface area (Å²) in [7, 11) is 1.42. The Morgan fingerprint density at radius 3 is 2.76 bits per heavy atom. The van der Waals surface area contributed by atoms with E-state index in [9.17, 15) is 14.0 Å². The number of ether oxygens (including phenoxy) is 1. The second kappa shape index (κ2) is 10.5. The van der Waals surface area contributed by atoms with Crippen molar-refractivity contribution in [2.24, 2.45) is 0 Å². The van der Waals surface area contributed by atoms with Crippen LogP contribution in [-0.2, 0) is 29.1 Å². The average molecular weight is 465 g/mol. The molecule has 1 aliphatic heterocycles. The summed E-state index contributed by atoms with van der Waals surface area (Å²) in [5.74, 6) is -0.377.